The number of H-pyrrole nitrogens is 1. The Labute approximate surface area is 109 Å². The molecule has 9 heteroatoms. The van der Waals surface area contributed by atoms with Gasteiger partial charge in [0.05, 0.1) is 5.69 Å². The Hall–Kier alpha value is -2.00. The summed E-state index contributed by atoms with van der Waals surface area (Å²) in [5, 5.41) is 6.22. The van der Waals surface area contributed by atoms with Gasteiger partial charge in [-0.1, -0.05) is 6.07 Å². The Morgan fingerprint density at radius 1 is 1.42 bits per heavy atom. The zero-order valence-electron chi connectivity index (χ0n) is 9.80. The van der Waals surface area contributed by atoms with Gasteiger partial charge in [0.25, 0.3) is 0 Å². The third-order valence-electron chi connectivity index (χ3n) is 2.38. The normalized spacial score (nSPS) is 11.6. The Morgan fingerprint density at radius 2 is 2.21 bits per heavy atom. The van der Waals surface area contributed by atoms with Crippen LogP contribution in [-0.4, -0.2) is 30.1 Å². The molecule has 7 nitrogen and oxygen atoms in total. The third-order valence-corrected chi connectivity index (χ3v) is 3.94. The monoisotopic (exact) mass is 285 g/mol. The summed E-state index contributed by atoms with van der Waals surface area (Å²) in [5.41, 5.74) is 5.35. The quantitative estimate of drug-likeness (QED) is 0.671. The van der Waals surface area contributed by atoms with Crippen LogP contribution in [0.1, 0.15) is 5.82 Å². The lowest BCUT2D eigenvalue weighted by molar-refractivity contribution is 0.558. The molecule has 102 valence electrons. The first kappa shape index (κ1) is 13.4. The fourth-order valence-corrected chi connectivity index (χ4v) is 2.75. The molecule has 19 heavy (non-hydrogen) atoms. The van der Waals surface area contributed by atoms with Gasteiger partial charge in [-0.3, -0.25) is 5.10 Å². The number of nitrogen functional groups attached to an aromatic ring is 1. The second-order valence-electron chi connectivity index (χ2n) is 3.74. The highest BCUT2D eigenvalue weighted by Gasteiger charge is 2.21. The molecule has 0 aliphatic carbocycles. The van der Waals surface area contributed by atoms with E-state index in [-0.39, 0.29) is 12.2 Å². The number of aromatic amines is 1. The van der Waals surface area contributed by atoms with Crippen LogP contribution in [-0.2, 0) is 16.4 Å². The zero-order chi connectivity index (χ0) is 13.9. The van der Waals surface area contributed by atoms with Crippen molar-refractivity contribution in [2.75, 3.05) is 12.3 Å². The third kappa shape index (κ3) is 3.06. The van der Waals surface area contributed by atoms with E-state index in [2.05, 4.69) is 19.9 Å². The van der Waals surface area contributed by atoms with Crippen LogP contribution in [0.4, 0.5) is 10.1 Å². The maximum atomic E-state index is 13.5. The number of rotatable bonds is 5. The number of hydrogen-bond donors (Lipinski definition) is 3. The molecule has 4 N–H and O–H groups in total. The predicted molar refractivity (Wildman–Crippen MR) is 66.1 cm³/mol. The van der Waals surface area contributed by atoms with Gasteiger partial charge in [-0.15, -0.1) is 0 Å². The van der Waals surface area contributed by atoms with Gasteiger partial charge in [-0.25, -0.2) is 22.5 Å². The van der Waals surface area contributed by atoms with E-state index < -0.39 is 20.7 Å². The molecule has 0 unspecified atom stereocenters. The number of hydrogen-bond acceptors (Lipinski definition) is 5. The highest BCUT2D eigenvalue weighted by molar-refractivity contribution is 7.89. The molecule has 0 spiro atoms. The summed E-state index contributed by atoms with van der Waals surface area (Å²) in [6, 6.07) is 3.72. The van der Waals surface area contributed by atoms with Crippen LogP contribution >= 0.6 is 0 Å². The van der Waals surface area contributed by atoms with E-state index in [0.717, 1.165) is 6.07 Å². The van der Waals surface area contributed by atoms with Crippen LogP contribution in [0, 0.1) is 5.82 Å². The summed E-state index contributed by atoms with van der Waals surface area (Å²) in [6.45, 7) is 0.0608. The van der Waals surface area contributed by atoms with Crippen molar-refractivity contribution in [3.63, 3.8) is 0 Å². The van der Waals surface area contributed by atoms with Crippen LogP contribution in [0.25, 0.3) is 0 Å². The summed E-state index contributed by atoms with van der Waals surface area (Å²) >= 11 is 0. The van der Waals surface area contributed by atoms with Gasteiger partial charge in [0, 0.05) is 13.0 Å². The second-order valence-corrected chi connectivity index (χ2v) is 5.44. The van der Waals surface area contributed by atoms with E-state index >= 15 is 0 Å². The van der Waals surface area contributed by atoms with E-state index in [1.165, 1.54) is 18.5 Å². The molecule has 2 rings (SSSR count). The average molecular weight is 285 g/mol. The number of aromatic nitrogens is 3. The Balaban J connectivity index is 2.10. The molecule has 0 fully saturated rings. The van der Waals surface area contributed by atoms with E-state index in [0.29, 0.717) is 12.2 Å². The summed E-state index contributed by atoms with van der Waals surface area (Å²) in [5.74, 6) is -0.351. The van der Waals surface area contributed by atoms with Crippen molar-refractivity contribution in [2.24, 2.45) is 0 Å². The molecule has 0 amide bonds. The molecule has 0 saturated heterocycles. The molecule has 1 aromatic carbocycles. The maximum Gasteiger partial charge on any atom is 0.245 e. The van der Waals surface area contributed by atoms with E-state index in [9.17, 15) is 12.8 Å². The smallest absolute Gasteiger partial charge is 0.245 e. The summed E-state index contributed by atoms with van der Waals surface area (Å²) in [6.07, 6.45) is 1.63. The lowest BCUT2D eigenvalue weighted by atomic mass is 10.3. The minimum absolute atomic E-state index is 0.0608. The van der Waals surface area contributed by atoms with Crippen LogP contribution in [0.3, 0.4) is 0 Å². The molecule has 0 aliphatic rings. The van der Waals surface area contributed by atoms with Gasteiger partial charge in [0.1, 0.15) is 22.9 Å². The van der Waals surface area contributed by atoms with Crippen molar-refractivity contribution in [3.05, 3.63) is 36.2 Å². The van der Waals surface area contributed by atoms with Gasteiger partial charge >= 0.3 is 0 Å². The molecule has 0 bridgehead atoms. The van der Waals surface area contributed by atoms with Gasteiger partial charge in [0.15, 0.2) is 0 Å². The summed E-state index contributed by atoms with van der Waals surface area (Å²) in [4.78, 5) is 3.31. The number of nitrogens with two attached hydrogens (primary N) is 1. The molecule has 1 heterocycles. The number of sulfonamides is 1. The van der Waals surface area contributed by atoms with Crippen LogP contribution in [0.15, 0.2) is 29.4 Å². The van der Waals surface area contributed by atoms with Crippen molar-refractivity contribution in [1.29, 1.82) is 0 Å². The topological polar surface area (TPSA) is 114 Å². The Kier molecular flexibility index (Phi) is 3.76. The molecule has 1 aromatic heterocycles. The van der Waals surface area contributed by atoms with Gasteiger partial charge in [0.2, 0.25) is 10.0 Å². The van der Waals surface area contributed by atoms with E-state index in [1.54, 1.807) is 0 Å². The zero-order valence-corrected chi connectivity index (χ0v) is 10.6. The highest BCUT2D eigenvalue weighted by atomic mass is 32.2. The first-order chi connectivity index (χ1) is 9.00. The number of nitrogens with one attached hydrogen (secondary N) is 2. The highest BCUT2D eigenvalue weighted by Crippen LogP contribution is 2.21. The number of anilines is 1. The van der Waals surface area contributed by atoms with Gasteiger partial charge in [-0.05, 0) is 12.1 Å². The second kappa shape index (κ2) is 5.33. The lowest BCUT2D eigenvalue weighted by Crippen LogP contribution is -2.27. The molecular weight excluding hydrogens is 273 g/mol. The fourth-order valence-electron chi connectivity index (χ4n) is 1.54. The van der Waals surface area contributed by atoms with E-state index in [1.807, 2.05) is 0 Å². The number of benzene rings is 1. The average Bonchev–Trinajstić information content (AvgIpc) is 2.81. The van der Waals surface area contributed by atoms with E-state index in [4.69, 9.17) is 5.73 Å². The van der Waals surface area contributed by atoms with Crippen LogP contribution < -0.4 is 10.5 Å². The Morgan fingerprint density at radius 3 is 2.84 bits per heavy atom. The van der Waals surface area contributed by atoms with Crippen molar-refractivity contribution in [2.45, 2.75) is 11.3 Å². The lowest BCUT2D eigenvalue weighted by Gasteiger charge is -2.09. The minimum atomic E-state index is -3.99. The molecule has 0 aliphatic heterocycles. The van der Waals surface area contributed by atoms with Gasteiger partial charge in [-0.2, -0.15) is 5.10 Å². The van der Waals surface area contributed by atoms with Gasteiger partial charge < -0.3 is 5.73 Å². The van der Waals surface area contributed by atoms with Crippen LogP contribution in [0.5, 0.6) is 0 Å². The minimum Gasteiger partial charge on any atom is -0.398 e. The first-order valence-corrected chi connectivity index (χ1v) is 6.87. The van der Waals surface area contributed by atoms with Crippen molar-refractivity contribution in [1.82, 2.24) is 19.9 Å². The standard InChI is InChI=1S/C10H12FN5O2S/c11-7-2-1-3-8(12)10(7)19(17,18)15-5-4-9-13-6-14-16-9/h1-3,6,15H,4-5,12H2,(H,13,14,16). The summed E-state index contributed by atoms with van der Waals surface area (Å²) < 4.78 is 39.6. The molecule has 0 radical (unpaired) electrons. The largest absolute Gasteiger partial charge is 0.398 e. The molecule has 2 aromatic rings. The van der Waals surface area contributed by atoms with Crippen molar-refractivity contribution >= 4 is 15.7 Å². The first-order valence-electron chi connectivity index (χ1n) is 5.38. The Bertz CT molecular complexity index is 636. The molecule has 0 atom stereocenters. The van der Waals surface area contributed by atoms with Crippen molar-refractivity contribution < 1.29 is 12.8 Å². The van der Waals surface area contributed by atoms with Crippen molar-refractivity contribution in [3.8, 4) is 0 Å². The fraction of sp³-hybridized carbons (Fsp3) is 0.200. The number of nitrogens with zero attached hydrogens (tertiary/aromatic N) is 2. The SMILES string of the molecule is Nc1cccc(F)c1S(=O)(=O)NCCc1ncn[nH]1. The maximum absolute atomic E-state index is 13.5. The molecule has 0 saturated carbocycles. The van der Waals surface area contributed by atoms with Crippen LogP contribution in [0.2, 0.25) is 0 Å². The summed E-state index contributed by atoms with van der Waals surface area (Å²) in [7, 11) is -3.99. The molecular formula is C10H12FN5O2S. The number of halogens is 1. The predicted octanol–water partition coefficient (Wildman–Crippen LogP) is 0.0470.